The number of rotatable bonds is 4. The van der Waals surface area contributed by atoms with Crippen LogP contribution < -0.4 is 5.32 Å². The summed E-state index contributed by atoms with van der Waals surface area (Å²) < 4.78 is 13.2. The van der Waals surface area contributed by atoms with Gasteiger partial charge >= 0.3 is 5.97 Å². The number of amides is 1. The molecule has 0 aliphatic rings. The van der Waals surface area contributed by atoms with Gasteiger partial charge in [0.15, 0.2) is 11.9 Å². The molecule has 1 amide bonds. The van der Waals surface area contributed by atoms with Crippen LogP contribution in [0, 0.1) is 5.82 Å². The Bertz CT molecular complexity index is 436. The van der Waals surface area contributed by atoms with E-state index in [9.17, 15) is 14.0 Å². The monoisotopic (exact) mass is 242 g/mol. The molecule has 1 aromatic rings. The van der Waals surface area contributed by atoms with Gasteiger partial charge in [-0.3, -0.25) is 9.78 Å². The minimum Gasteiger partial charge on any atom is -0.480 e. The summed E-state index contributed by atoms with van der Waals surface area (Å²) in [6, 6.07) is -0.374. The SMILES string of the molecule is C[C@@H](O)[C@H](NC(=O)c1ccncc1F)C(=O)O. The van der Waals surface area contributed by atoms with Crippen molar-refractivity contribution in [1.82, 2.24) is 10.3 Å². The average molecular weight is 242 g/mol. The molecule has 0 unspecified atom stereocenters. The van der Waals surface area contributed by atoms with Gasteiger partial charge < -0.3 is 15.5 Å². The first-order valence-electron chi connectivity index (χ1n) is 4.74. The molecule has 0 aliphatic heterocycles. The van der Waals surface area contributed by atoms with E-state index in [1.54, 1.807) is 0 Å². The highest BCUT2D eigenvalue weighted by Crippen LogP contribution is 2.05. The van der Waals surface area contributed by atoms with Crippen LogP contribution in [0.4, 0.5) is 4.39 Å². The van der Waals surface area contributed by atoms with Crippen LogP contribution in [0.1, 0.15) is 17.3 Å². The van der Waals surface area contributed by atoms with Gasteiger partial charge in [0.05, 0.1) is 17.9 Å². The van der Waals surface area contributed by atoms with Gasteiger partial charge in [-0.2, -0.15) is 0 Å². The van der Waals surface area contributed by atoms with E-state index in [1.807, 2.05) is 5.32 Å². The van der Waals surface area contributed by atoms with Gasteiger partial charge in [0.25, 0.3) is 5.91 Å². The number of nitrogens with zero attached hydrogens (tertiary/aromatic N) is 1. The molecule has 0 fully saturated rings. The van der Waals surface area contributed by atoms with Crippen molar-refractivity contribution in [2.45, 2.75) is 19.1 Å². The predicted octanol–water partition coefficient (Wildman–Crippen LogP) is -0.216. The second-order valence-electron chi connectivity index (χ2n) is 3.39. The Morgan fingerprint density at radius 3 is 2.65 bits per heavy atom. The van der Waals surface area contributed by atoms with Gasteiger partial charge in [0.2, 0.25) is 0 Å². The van der Waals surface area contributed by atoms with Crippen LogP contribution in [-0.4, -0.2) is 39.2 Å². The molecule has 1 heterocycles. The van der Waals surface area contributed by atoms with Crippen molar-refractivity contribution in [1.29, 1.82) is 0 Å². The van der Waals surface area contributed by atoms with Gasteiger partial charge in [-0.15, -0.1) is 0 Å². The number of carboxylic acid groups (broad SMARTS) is 1. The summed E-state index contributed by atoms with van der Waals surface area (Å²) in [6.45, 7) is 1.21. The molecule has 0 spiro atoms. The molecule has 0 bridgehead atoms. The Hall–Kier alpha value is -2.02. The largest absolute Gasteiger partial charge is 0.480 e. The lowest BCUT2D eigenvalue weighted by atomic mass is 10.1. The van der Waals surface area contributed by atoms with Gasteiger partial charge in [0.1, 0.15) is 0 Å². The summed E-state index contributed by atoms with van der Waals surface area (Å²) in [5, 5.41) is 19.9. The number of aromatic nitrogens is 1. The molecular formula is C10H11FN2O4. The van der Waals surface area contributed by atoms with Gasteiger partial charge in [-0.05, 0) is 13.0 Å². The third-order valence-electron chi connectivity index (χ3n) is 2.05. The van der Waals surface area contributed by atoms with Crippen molar-refractivity contribution in [3.8, 4) is 0 Å². The van der Waals surface area contributed by atoms with E-state index in [2.05, 4.69) is 4.98 Å². The quantitative estimate of drug-likeness (QED) is 0.678. The maximum absolute atomic E-state index is 13.2. The van der Waals surface area contributed by atoms with E-state index in [1.165, 1.54) is 13.1 Å². The zero-order chi connectivity index (χ0) is 13.0. The first-order chi connectivity index (χ1) is 7.93. The molecular weight excluding hydrogens is 231 g/mol. The molecule has 3 N–H and O–H groups in total. The molecule has 0 aromatic carbocycles. The zero-order valence-corrected chi connectivity index (χ0v) is 8.92. The topological polar surface area (TPSA) is 99.5 Å². The summed E-state index contributed by atoms with van der Waals surface area (Å²) in [5.41, 5.74) is -0.327. The average Bonchev–Trinajstić information content (AvgIpc) is 2.25. The molecule has 0 aliphatic carbocycles. The second kappa shape index (κ2) is 5.35. The molecule has 17 heavy (non-hydrogen) atoms. The Balaban J connectivity index is 2.85. The lowest BCUT2D eigenvalue weighted by molar-refractivity contribution is -0.141. The van der Waals surface area contributed by atoms with Crippen molar-refractivity contribution in [3.05, 3.63) is 29.8 Å². The standard InChI is InChI=1S/C10H11FN2O4/c1-5(14)8(10(16)17)13-9(15)6-2-3-12-4-7(6)11/h2-5,8,14H,1H3,(H,13,15)(H,16,17)/t5-,8+/m1/s1. The van der Waals surface area contributed by atoms with E-state index in [4.69, 9.17) is 10.2 Å². The van der Waals surface area contributed by atoms with E-state index < -0.39 is 29.8 Å². The lowest BCUT2D eigenvalue weighted by Gasteiger charge is -2.16. The van der Waals surface area contributed by atoms with Crippen LogP contribution in [0.2, 0.25) is 0 Å². The molecule has 0 saturated carbocycles. The highest BCUT2D eigenvalue weighted by atomic mass is 19.1. The van der Waals surface area contributed by atoms with Crippen LogP contribution >= 0.6 is 0 Å². The van der Waals surface area contributed by atoms with Crippen molar-refractivity contribution in [2.24, 2.45) is 0 Å². The Labute approximate surface area is 96.1 Å². The highest BCUT2D eigenvalue weighted by molar-refractivity contribution is 5.96. The van der Waals surface area contributed by atoms with Crippen molar-refractivity contribution in [3.63, 3.8) is 0 Å². The molecule has 2 atom stereocenters. The fourth-order valence-electron chi connectivity index (χ4n) is 1.17. The number of halogens is 1. The molecule has 6 nitrogen and oxygen atoms in total. The Morgan fingerprint density at radius 2 is 2.18 bits per heavy atom. The minimum absolute atomic E-state index is 0.327. The lowest BCUT2D eigenvalue weighted by Crippen LogP contribution is -2.47. The van der Waals surface area contributed by atoms with Crippen LogP contribution in [0.25, 0.3) is 0 Å². The van der Waals surface area contributed by atoms with E-state index >= 15 is 0 Å². The number of pyridine rings is 1. The first-order valence-corrected chi connectivity index (χ1v) is 4.74. The number of carboxylic acids is 1. The molecule has 1 aromatic heterocycles. The van der Waals surface area contributed by atoms with Crippen LogP contribution in [-0.2, 0) is 4.79 Å². The van der Waals surface area contributed by atoms with Gasteiger partial charge in [-0.1, -0.05) is 0 Å². The summed E-state index contributed by atoms with van der Waals surface area (Å²) in [7, 11) is 0. The van der Waals surface area contributed by atoms with Crippen molar-refractivity contribution < 1.29 is 24.2 Å². The van der Waals surface area contributed by atoms with E-state index in [0.29, 0.717) is 0 Å². The number of hydrogen-bond acceptors (Lipinski definition) is 4. The fourth-order valence-corrected chi connectivity index (χ4v) is 1.17. The number of nitrogens with one attached hydrogen (secondary N) is 1. The summed E-state index contributed by atoms with van der Waals surface area (Å²) in [5.74, 6) is -3.18. The van der Waals surface area contributed by atoms with E-state index in [0.717, 1.165) is 12.3 Å². The van der Waals surface area contributed by atoms with Crippen molar-refractivity contribution >= 4 is 11.9 Å². The van der Waals surface area contributed by atoms with Crippen LogP contribution in [0.5, 0.6) is 0 Å². The summed E-state index contributed by atoms with van der Waals surface area (Å²) in [6.07, 6.45) is 0.754. The number of hydrogen-bond donors (Lipinski definition) is 3. The van der Waals surface area contributed by atoms with Crippen LogP contribution in [0.15, 0.2) is 18.5 Å². The highest BCUT2D eigenvalue weighted by Gasteiger charge is 2.26. The van der Waals surface area contributed by atoms with E-state index in [-0.39, 0.29) is 5.56 Å². The fraction of sp³-hybridized carbons (Fsp3) is 0.300. The van der Waals surface area contributed by atoms with Gasteiger partial charge in [-0.25, -0.2) is 9.18 Å². The summed E-state index contributed by atoms with van der Waals surface area (Å²) >= 11 is 0. The molecule has 0 saturated heterocycles. The third-order valence-corrected chi connectivity index (χ3v) is 2.05. The normalized spacial score (nSPS) is 13.8. The Morgan fingerprint density at radius 1 is 1.53 bits per heavy atom. The number of carbonyl (C=O) groups excluding carboxylic acids is 1. The third kappa shape index (κ3) is 3.22. The maximum Gasteiger partial charge on any atom is 0.328 e. The minimum atomic E-state index is -1.49. The number of aliphatic hydroxyl groups excluding tert-OH is 1. The van der Waals surface area contributed by atoms with Crippen molar-refractivity contribution in [2.75, 3.05) is 0 Å². The number of aliphatic carboxylic acids is 1. The van der Waals surface area contributed by atoms with Gasteiger partial charge in [0, 0.05) is 6.20 Å². The zero-order valence-electron chi connectivity index (χ0n) is 8.92. The first kappa shape index (κ1) is 13.0. The maximum atomic E-state index is 13.2. The molecule has 1 rings (SSSR count). The predicted molar refractivity (Wildman–Crippen MR) is 54.8 cm³/mol. The molecule has 0 radical (unpaired) electrons. The number of carbonyl (C=O) groups is 2. The summed E-state index contributed by atoms with van der Waals surface area (Å²) in [4.78, 5) is 25.7. The smallest absolute Gasteiger partial charge is 0.328 e. The number of aliphatic hydroxyl groups is 1. The van der Waals surface area contributed by atoms with Crippen LogP contribution in [0.3, 0.4) is 0 Å². The molecule has 92 valence electrons. The molecule has 7 heteroatoms. The Kier molecular flexibility index (Phi) is 4.11. The second-order valence-corrected chi connectivity index (χ2v) is 3.39.